The van der Waals surface area contributed by atoms with Crippen molar-refractivity contribution < 1.29 is 4.79 Å². The third kappa shape index (κ3) is 2.00. The van der Waals surface area contributed by atoms with Gasteiger partial charge in [-0.15, -0.1) is 0 Å². The lowest BCUT2D eigenvalue weighted by atomic mass is 10.1. The molecular weight excluding hydrogens is 354 g/mol. The van der Waals surface area contributed by atoms with Crippen LogP contribution in [0.2, 0.25) is 5.02 Å². The highest BCUT2D eigenvalue weighted by atomic mass is 127. The smallest absolute Gasteiger partial charge is 0.162 e. The Kier molecular flexibility index (Phi) is 3.55. The fourth-order valence-corrected chi connectivity index (χ4v) is 2.32. The summed E-state index contributed by atoms with van der Waals surface area (Å²) >= 11 is 11.3. The molecule has 0 saturated heterocycles. The monoisotopic (exact) mass is 358 g/mol. The molecule has 0 aromatic heterocycles. The quantitative estimate of drug-likeness (QED) is 0.422. The lowest BCUT2D eigenvalue weighted by Crippen LogP contribution is -1.96. The first-order chi connectivity index (χ1) is 5.54. The van der Waals surface area contributed by atoms with Crippen molar-refractivity contribution in [2.75, 3.05) is 0 Å². The number of hydrogen-bond acceptors (Lipinski definition) is 1. The van der Waals surface area contributed by atoms with E-state index in [-0.39, 0.29) is 5.78 Å². The van der Waals surface area contributed by atoms with E-state index in [4.69, 9.17) is 11.6 Å². The van der Waals surface area contributed by atoms with Gasteiger partial charge in [-0.25, -0.2) is 0 Å². The molecule has 0 saturated carbocycles. The summed E-state index contributed by atoms with van der Waals surface area (Å²) in [5, 5.41) is 0.525. The summed E-state index contributed by atoms with van der Waals surface area (Å²) < 4.78 is 1.64. The van der Waals surface area contributed by atoms with Crippen molar-refractivity contribution in [1.29, 1.82) is 0 Å². The summed E-state index contributed by atoms with van der Waals surface area (Å²) in [4.78, 5) is 11.1. The van der Waals surface area contributed by atoms with Crippen LogP contribution < -0.4 is 0 Å². The minimum absolute atomic E-state index is 0.0228. The van der Waals surface area contributed by atoms with Crippen molar-refractivity contribution in [1.82, 2.24) is 0 Å². The van der Waals surface area contributed by atoms with Crippen LogP contribution in [0.3, 0.4) is 0 Å². The topological polar surface area (TPSA) is 17.1 Å². The van der Waals surface area contributed by atoms with Gasteiger partial charge in [-0.1, -0.05) is 11.6 Å². The van der Waals surface area contributed by atoms with E-state index in [1.807, 2.05) is 12.1 Å². The molecule has 4 heteroatoms. The van der Waals surface area contributed by atoms with Crippen molar-refractivity contribution in [3.05, 3.63) is 30.8 Å². The first-order valence-corrected chi connectivity index (χ1v) is 5.43. The van der Waals surface area contributed by atoms with Crippen LogP contribution in [0.15, 0.2) is 16.6 Å². The molecule has 0 aliphatic heterocycles. The third-order valence-electron chi connectivity index (χ3n) is 1.40. The first-order valence-electron chi connectivity index (χ1n) is 3.18. The molecule has 12 heavy (non-hydrogen) atoms. The minimum atomic E-state index is -0.0228. The highest BCUT2D eigenvalue weighted by Crippen LogP contribution is 2.29. The van der Waals surface area contributed by atoms with Crippen LogP contribution >= 0.6 is 50.1 Å². The Hall–Kier alpha value is 0.390. The zero-order chi connectivity index (χ0) is 9.30. The predicted octanol–water partition coefficient (Wildman–Crippen LogP) is 3.91. The molecule has 1 nitrogen and oxygen atoms in total. The van der Waals surface area contributed by atoms with Crippen molar-refractivity contribution >= 4 is 55.9 Å². The number of carbonyl (C=O) groups is 1. The summed E-state index contributed by atoms with van der Waals surface area (Å²) in [7, 11) is 0. The normalized spacial score (nSPS) is 10.0. The lowest BCUT2D eigenvalue weighted by molar-refractivity contribution is 0.101. The maximum Gasteiger partial charge on any atom is 0.162 e. The molecule has 0 amide bonds. The maximum absolute atomic E-state index is 11.1. The number of benzene rings is 1. The van der Waals surface area contributed by atoms with Gasteiger partial charge in [-0.3, -0.25) is 4.79 Å². The Labute approximate surface area is 97.8 Å². The molecule has 1 rings (SSSR count). The third-order valence-corrected chi connectivity index (χ3v) is 3.67. The van der Waals surface area contributed by atoms with Crippen LogP contribution in [0.25, 0.3) is 0 Å². The zero-order valence-corrected chi connectivity index (χ0v) is 10.7. The Morgan fingerprint density at radius 2 is 2.17 bits per heavy atom. The van der Waals surface area contributed by atoms with Gasteiger partial charge in [0.2, 0.25) is 0 Å². The zero-order valence-electron chi connectivity index (χ0n) is 6.20. The number of rotatable bonds is 1. The molecule has 0 unspecified atom stereocenters. The van der Waals surface area contributed by atoms with Gasteiger partial charge in [0, 0.05) is 8.04 Å². The van der Waals surface area contributed by atoms with Gasteiger partial charge >= 0.3 is 0 Å². The first kappa shape index (κ1) is 10.5. The average molecular weight is 359 g/mol. The summed E-state index contributed by atoms with van der Waals surface area (Å²) in [5.41, 5.74) is 0.559. The van der Waals surface area contributed by atoms with E-state index >= 15 is 0 Å². The molecule has 0 N–H and O–H groups in total. The summed E-state index contributed by atoms with van der Waals surface area (Å²) in [5.74, 6) is -0.0228. The van der Waals surface area contributed by atoms with Crippen LogP contribution in [-0.4, -0.2) is 5.78 Å². The second-order valence-electron chi connectivity index (χ2n) is 2.27. The molecule has 0 spiro atoms. The molecule has 0 aliphatic rings. The largest absolute Gasteiger partial charge is 0.294 e. The van der Waals surface area contributed by atoms with Gasteiger partial charge in [0.1, 0.15) is 0 Å². The van der Waals surface area contributed by atoms with E-state index in [1.165, 1.54) is 6.92 Å². The van der Waals surface area contributed by atoms with Crippen LogP contribution in [0.5, 0.6) is 0 Å². The van der Waals surface area contributed by atoms with E-state index in [1.54, 1.807) is 0 Å². The summed E-state index contributed by atoms with van der Waals surface area (Å²) in [6.07, 6.45) is 0. The molecule has 1 aromatic rings. The number of carbonyl (C=O) groups excluding carboxylic acids is 1. The molecule has 0 aliphatic carbocycles. The Balaban J connectivity index is 3.43. The fraction of sp³-hybridized carbons (Fsp3) is 0.125. The molecular formula is C8H5BrClIO. The van der Waals surface area contributed by atoms with E-state index in [2.05, 4.69) is 38.5 Å². The van der Waals surface area contributed by atoms with Gasteiger partial charge in [0.25, 0.3) is 0 Å². The molecule has 0 fully saturated rings. The predicted molar refractivity (Wildman–Crippen MR) is 61.9 cm³/mol. The van der Waals surface area contributed by atoms with E-state index in [0.717, 1.165) is 8.04 Å². The highest BCUT2D eigenvalue weighted by molar-refractivity contribution is 14.1. The molecule has 64 valence electrons. The maximum atomic E-state index is 11.1. The number of ketones is 1. The lowest BCUT2D eigenvalue weighted by Gasteiger charge is -2.04. The van der Waals surface area contributed by atoms with Gasteiger partial charge in [0.05, 0.1) is 10.6 Å². The van der Waals surface area contributed by atoms with Crippen LogP contribution in [0.4, 0.5) is 0 Å². The summed E-state index contributed by atoms with van der Waals surface area (Å²) in [6, 6.07) is 3.68. The molecule has 0 radical (unpaired) electrons. The van der Waals surface area contributed by atoms with Gasteiger partial charge < -0.3 is 0 Å². The van der Waals surface area contributed by atoms with Crippen molar-refractivity contribution in [2.45, 2.75) is 6.92 Å². The van der Waals surface area contributed by atoms with Crippen LogP contribution in [0.1, 0.15) is 17.3 Å². The van der Waals surface area contributed by atoms with E-state index in [9.17, 15) is 4.79 Å². The van der Waals surface area contributed by atoms with Gasteiger partial charge in [-0.2, -0.15) is 0 Å². The van der Waals surface area contributed by atoms with Gasteiger partial charge in [-0.05, 0) is 57.6 Å². The molecule has 1 aromatic carbocycles. The highest BCUT2D eigenvalue weighted by Gasteiger charge is 2.12. The number of Topliss-reactive ketones (excluding diaryl/α,β-unsaturated/α-hetero) is 1. The Morgan fingerprint density at radius 3 is 2.58 bits per heavy atom. The second kappa shape index (κ2) is 4.07. The SMILES string of the molecule is CC(=O)c1c(Br)ccc(I)c1Cl. The fourth-order valence-electron chi connectivity index (χ4n) is 0.850. The molecule has 0 heterocycles. The molecule has 0 atom stereocenters. The number of hydrogen-bond donors (Lipinski definition) is 0. The van der Waals surface area contributed by atoms with Crippen molar-refractivity contribution in [3.63, 3.8) is 0 Å². The van der Waals surface area contributed by atoms with Crippen LogP contribution in [-0.2, 0) is 0 Å². The van der Waals surface area contributed by atoms with E-state index in [0.29, 0.717) is 10.6 Å². The standard InChI is InChI=1S/C8H5BrClIO/c1-4(12)7-5(9)2-3-6(11)8(7)10/h2-3H,1H3. The second-order valence-corrected chi connectivity index (χ2v) is 4.67. The molecule has 0 bridgehead atoms. The minimum Gasteiger partial charge on any atom is -0.294 e. The number of halogens is 3. The van der Waals surface area contributed by atoms with Crippen molar-refractivity contribution in [2.24, 2.45) is 0 Å². The Bertz CT molecular complexity index is 338. The van der Waals surface area contributed by atoms with Gasteiger partial charge in [0.15, 0.2) is 5.78 Å². The van der Waals surface area contributed by atoms with Crippen molar-refractivity contribution in [3.8, 4) is 0 Å². The Morgan fingerprint density at radius 1 is 1.58 bits per heavy atom. The average Bonchev–Trinajstić information content (AvgIpc) is 1.97. The van der Waals surface area contributed by atoms with E-state index < -0.39 is 0 Å². The van der Waals surface area contributed by atoms with Crippen LogP contribution in [0, 0.1) is 3.57 Å². The summed E-state index contributed by atoms with van der Waals surface area (Å²) in [6.45, 7) is 1.50.